The van der Waals surface area contributed by atoms with Gasteiger partial charge in [-0.05, 0) is 42.5 Å². The number of anilines is 2. The smallest absolute Gasteiger partial charge is 0.232 e. The van der Waals surface area contributed by atoms with Crippen molar-refractivity contribution in [3.05, 3.63) is 54.5 Å². The molecular weight excluding hydrogens is 369 g/mol. The molecule has 7 heteroatoms. The number of alkyl halides is 1. The van der Waals surface area contributed by atoms with Gasteiger partial charge in [-0.1, -0.05) is 19.1 Å². The number of rotatable bonds is 5. The maximum absolute atomic E-state index is 14.3. The van der Waals surface area contributed by atoms with Gasteiger partial charge in [-0.25, -0.2) is 14.4 Å². The number of allylic oxidation sites excluding steroid dienone is 2. The predicted molar refractivity (Wildman–Crippen MR) is 112 cm³/mol. The predicted octanol–water partition coefficient (Wildman–Crippen LogP) is 4.08. The molecule has 1 aliphatic carbocycles. The van der Waals surface area contributed by atoms with E-state index in [1.165, 1.54) is 6.08 Å². The number of hydrogen-bond donors (Lipinski definition) is 2. The summed E-state index contributed by atoms with van der Waals surface area (Å²) in [5, 5.41) is 4.19. The molecule has 1 amide bonds. The second-order valence-corrected chi connectivity index (χ2v) is 7.24. The number of carbonyl (C=O) groups is 1. The molecule has 0 saturated heterocycles. The van der Waals surface area contributed by atoms with E-state index in [1.54, 1.807) is 37.7 Å². The highest BCUT2D eigenvalue weighted by molar-refractivity contribution is 5.99. The maximum Gasteiger partial charge on any atom is 0.232 e. The van der Waals surface area contributed by atoms with E-state index in [1.807, 2.05) is 12.1 Å². The minimum absolute atomic E-state index is 0.193. The number of hydrogen-bond acceptors (Lipinski definition) is 5. The van der Waals surface area contributed by atoms with Crippen LogP contribution in [0.5, 0.6) is 0 Å². The highest BCUT2D eigenvalue weighted by Crippen LogP contribution is 2.49. The Morgan fingerprint density at radius 2 is 2.24 bits per heavy atom. The van der Waals surface area contributed by atoms with Crippen LogP contribution in [0.4, 0.5) is 16.0 Å². The first-order valence-corrected chi connectivity index (χ1v) is 9.58. The van der Waals surface area contributed by atoms with Crippen molar-refractivity contribution in [3.63, 3.8) is 0 Å². The highest BCUT2D eigenvalue weighted by Gasteiger charge is 2.57. The lowest BCUT2D eigenvalue weighted by Crippen LogP contribution is -2.19. The molecule has 0 spiro atoms. The summed E-state index contributed by atoms with van der Waals surface area (Å²) in [6.45, 7) is 3.80. The molecule has 1 fully saturated rings. The van der Waals surface area contributed by atoms with Crippen molar-refractivity contribution < 1.29 is 9.18 Å². The Hall–Kier alpha value is -3.35. The van der Waals surface area contributed by atoms with Crippen LogP contribution in [0.15, 0.2) is 48.9 Å². The zero-order valence-corrected chi connectivity index (χ0v) is 16.3. The molecular formula is C22H22FN5O. The molecule has 3 aromatic heterocycles. The van der Waals surface area contributed by atoms with Gasteiger partial charge in [-0.15, -0.1) is 0 Å². The van der Waals surface area contributed by atoms with E-state index in [9.17, 15) is 9.18 Å². The molecule has 29 heavy (non-hydrogen) atoms. The molecule has 0 radical (unpaired) electrons. The molecule has 0 bridgehead atoms. The molecule has 3 aromatic rings. The lowest BCUT2D eigenvalue weighted by atomic mass is 10.0. The molecule has 0 aliphatic heterocycles. The van der Waals surface area contributed by atoms with Gasteiger partial charge in [0, 0.05) is 36.0 Å². The number of nitrogen functional groups attached to an aromatic ring is 1. The average Bonchev–Trinajstić information content (AvgIpc) is 3.39. The quantitative estimate of drug-likeness (QED) is 0.639. The van der Waals surface area contributed by atoms with E-state index in [2.05, 4.69) is 27.2 Å². The van der Waals surface area contributed by atoms with E-state index in [0.717, 1.165) is 22.9 Å². The zero-order chi connectivity index (χ0) is 20.6. The standard InChI is InChI=1S/C22H22FN5O/c1-3-6-22(23)10-17(22)21(29)28-19-9-14-8-18(27-20(24)16(14)12-26-19)15-11-25-7-5-13(15)4-2/h3,5-9,11-12,17H,4,10H2,1-2H3,(H2,24,27)(H,26,28,29)/b6-3+. The Morgan fingerprint density at radius 1 is 1.41 bits per heavy atom. The topological polar surface area (TPSA) is 93.8 Å². The van der Waals surface area contributed by atoms with Crippen molar-refractivity contribution in [1.29, 1.82) is 0 Å². The van der Waals surface area contributed by atoms with Crippen LogP contribution in [-0.2, 0) is 11.2 Å². The van der Waals surface area contributed by atoms with E-state index < -0.39 is 11.6 Å². The van der Waals surface area contributed by atoms with Gasteiger partial charge in [-0.2, -0.15) is 0 Å². The van der Waals surface area contributed by atoms with Gasteiger partial charge in [0.05, 0.1) is 11.6 Å². The number of fused-ring (bicyclic) bond motifs is 1. The monoisotopic (exact) mass is 391 g/mol. The summed E-state index contributed by atoms with van der Waals surface area (Å²) in [6.07, 6.45) is 9.19. The number of aromatic nitrogens is 3. The second kappa shape index (κ2) is 7.24. The van der Waals surface area contributed by atoms with Crippen LogP contribution in [0.25, 0.3) is 22.0 Å². The summed E-state index contributed by atoms with van der Waals surface area (Å²) in [6, 6.07) is 5.59. The average molecular weight is 391 g/mol. The summed E-state index contributed by atoms with van der Waals surface area (Å²) in [5.74, 6) is -0.348. The highest BCUT2D eigenvalue weighted by atomic mass is 19.1. The number of amides is 1. The third-order valence-electron chi connectivity index (χ3n) is 5.26. The van der Waals surface area contributed by atoms with Crippen LogP contribution in [0.1, 0.15) is 25.8 Å². The number of carbonyl (C=O) groups excluding carboxylic acids is 1. The first kappa shape index (κ1) is 19.0. The van der Waals surface area contributed by atoms with Crippen molar-refractivity contribution in [2.45, 2.75) is 32.4 Å². The van der Waals surface area contributed by atoms with Gasteiger partial charge in [0.15, 0.2) is 0 Å². The Kier molecular flexibility index (Phi) is 4.74. The molecule has 0 aromatic carbocycles. The zero-order valence-electron chi connectivity index (χ0n) is 16.3. The molecule has 2 atom stereocenters. The number of halogens is 1. The fourth-order valence-electron chi connectivity index (χ4n) is 3.58. The van der Waals surface area contributed by atoms with Crippen molar-refractivity contribution in [3.8, 4) is 11.3 Å². The summed E-state index contributed by atoms with van der Waals surface area (Å²) < 4.78 is 14.3. The largest absolute Gasteiger partial charge is 0.383 e. The molecule has 1 saturated carbocycles. The van der Waals surface area contributed by atoms with Gasteiger partial charge in [0.1, 0.15) is 17.3 Å². The Morgan fingerprint density at radius 3 is 3.00 bits per heavy atom. The van der Waals surface area contributed by atoms with Crippen molar-refractivity contribution in [1.82, 2.24) is 15.0 Å². The second-order valence-electron chi connectivity index (χ2n) is 7.24. The lowest BCUT2D eigenvalue weighted by Gasteiger charge is -2.11. The molecule has 6 nitrogen and oxygen atoms in total. The van der Waals surface area contributed by atoms with Crippen LogP contribution in [-0.4, -0.2) is 26.5 Å². The van der Waals surface area contributed by atoms with Crippen molar-refractivity contribution >= 4 is 28.3 Å². The molecule has 3 heterocycles. The van der Waals surface area contributed by atoms with Crippen LogP contribution >= 0.6 is 0 Å². The lowest BCUT2D eigenvalue weighted by molar-refractivity contribution is -0.118. The third-order valence-corrected chi connectivity index (χ3v) is 5.26. The maximum atomic E-state index is 14.3. The van der Waals surface area contributed by atoms with E-state index in [0.29, 0.717) is 22.7 Å². The summed E-state index contributed by atoms with van der Waals surface area (Å²) in [4.78, 5) is 25.3. The summed E-state index contributed by atoms with van der Waals surface area (Å²) in [5.41, 5.74) is 7.34. The number of nitrogens with one attached hydrogen (secondary N) is 1. The van der Waals surface area contributed by atoms with Crippen LogP contribution < -0.4 is 11.1 Å². The van der Waals surface area contributed by atoms with Crippen molar-refractivity contribution in [2.24, 2.45) is 5.92 Å². The van der Waals surface area contributed by atoms with Crippen LogP contribution in [0.3, 0.4) is 0 Å². The first-order valence-electron chi connectivity index (χ1n) is 9.58. The van der Waals surface area contributed by atoms with E-state index >= 15 is 0 Å². The minimum Gasteiger partial charge on any atom is -0.383 e. The fourth-order valence-corrected chi connectivity index (χ4v) is 3.58. The van der Waals surface area contributed by atoms with Gasteiger partial charge < -0.3 is 11.1 Å². The molecule has 1 aliphatic rings. The summed E-state index contributed by atoms with van der Waals surface area (Å²) in [7, 11) is 0. The number of aryl methyl sites for hydroxylation is 1. The van der Waals surface area contributed by atoms with E-state index in [-0.39, 0.29) is 12.3 Å². The normalized spacial score (nSPS) is 20.9. The molecule has 4 rings (SSSR count). The Labute approximate surface area is 168 Å². The van der Waals surface area contributed by atoms with Gasteiger partial charge >= 0.3 is 0 Å². The minimum atomic E-state index is -1.55. The van der Waals surface area contributed by atoms with Crippen LogP contribution in [0, 0.1) is 5.92 Å². The number of pyridine rings is 3. The number of nitrogens with zero attached hydrogens (tertiary/aromatic N) is 3. The molecule has 3 N–H and O–H groups in total. The van der Waals surface area contributed by atoms with Gasteiger partial charge in [0.25, 0.3) is 0 Å². The van der Waals surface area contributed by atoms with Gasteiger partial charge in [-0.3, -0.25) is 9.78 Å². The Bertz CT molecular complexity index is 1130. The SMILES string of the molecule is C/C=C/C1(F)CC1C(=O)Nc1cc2cc(-c3cnccc3CC)nc(N)c2cn1. The Balaban J connectivity index is 1.66. The summed E-state index contributed by atoms with van der Waals surface area (Å²) >= 11 is 0. The van der Waals surface area contributed by atoms with Crippen molar-refractivity contribution in [2.75, 3.05) is 11.1 Å². The van der Waals surface area contributed by atoms with Gasteiger partial charge in [0.2, 0.25) is 5.91 Å². The molecule has 2 unspecified atom stereocenters. The third kappa shape index (κ3) is 3.55. The first-order chi connectivity index (χ1) is 13.9. The van der Waals surface area contributed by atoms with E-state index in [4.69, 9.17) is 5.73 Å². The number of nitrogens with two attached hydrogens (primary N) is 1. The fraction of sp³-hybridized carbons (Fsp3) is 0.273. The molecule has 148 valence electrons. The van der Waals surface area contributed by atoms with Crippen LogP contribution in [0.2, 0.25) is 0 Å².